The first-order valence-electron chi connectivity index (χ1n) is 14.1. The highest BCUT2D eigenvalue weighted by Gasteiger charge is 2.59. The van der Waals surface area contributed by atoms with E-state index in [4.69, 9.17) is 11.6 Å². The number of amides is 1. The minimum atomic E-state index is -0.133. The molecule has 33 heavy (non-hydrogen) atoms. The molecule has 4 aliphatic rings. The molecule has 4 N–H and O–H groups in total. The second-order valence-corrected chi connectivity index (χ2v) is 13.2. The standard InChI is InChI=1S/C29H51N3O/c1-19(2)7-6-8-20(3)24-11-12-25-23-10-9-21-17-22(32(31)27(33)18-30)13-15-28(21,4)26(23)14-16-29(24,25)5/h9,19-20,22-26H,6-8,10-18,30-31H2,1-5H3/t20-,22?,23?,24-,25?,26?,28+,29-/m1/s1. The number of allylic oxidation sites excluding steroid dienone is 1. The van der Waals surface area contributed by atoms with Gasteiger partial charge in [-0.15, -0.1) is 0 Å². The molecule has 3 saturated carbocycles. The number of hydrogen-bond acceptors (Lipinski definition) is 3. The number of fused-ring (bicyclic) bond motifs is 5. The number of hydrogen-bond donors (Lipinski definition) is 2. The quantitative estimate of drug-likeness (QED) is 0.211. The van der Waals surface area contributed by atoms with Crippen LogP contribution in [0.25, 0.3) is 0 Å². The number of nitrogens with two attached hydrogens (primary N) is 2. The number of carbonyl (C=O) groups excluding carboxylic acids is 1. The van der Waals surface area contributed by atoms with Gasteiger partial charge in [-0.2, -0.15) is 0 Å². The lowest BCUT2D eigenvalue weighted by Crippen LogP contribution is -2.54. The molecule has 4 unspecified atom stereocenters. The van der Waals surface area contributed by atoms with Crippen LogP contribution in [0.5, 0.6) is 0 Å². The lowest BCUT2D eigenvalue weighted by Gasteiger charge is -2.59. The fourth-order valence-corrected chi connectivity index (χ4v) is 9.21. The van der Waals surface area contributed by atoms with Crippen LogP contribution in [0, 0.1) is 46.3 Å². The van der Waals surface area contributed by atoms with Gasteiger partial charge in [-0.3, -0.25) is 9.80 Å². The molecular weight excluding hydrogens is 406 g/mol. The summed E-state index contributed by atoms with van der Waals surface area (Å²) in [6.45, 7) is 12.5. The van der Waals surface area contributed by atoms with E-state index in [1.54, 1.807) is 5.57 Å². The van der Waals surface area contributed by atoms with Crippen molar-refractivity contribution in [3.63, 3.8) is 0 Å². The molecule has 0 aromatic carbocycles. The SMILES string of the molecule is CC(C)CCC[C@@H](C)[C@H]1CCC2C3CC=C4CC(N(N)C(=O)CN)CC[C@]4(C)C3CC[C@@]21C. The molecule has 0 aromatic heterocycles. The molecule has 0 heterocycles. The van der Waals surface area contributed by atoms with Gasteiger partial charge < -0.3 is 5.73 Å². The Kier molecular flexibility index (Phi) is 7.37. The highest BCUT2D eigenvalue weighted by Crippen LogP contribution is 2.67. The van der Waals surface area contributed by atoms with Crippen LogP contribution in [-0.4, -0.2) is 23.5 Å². The molecule has 0 spiro atoms. The molecule has 0 aromatic rings. The zero-order valence-electron chi connectivity index (χ0n) is 22.1. The summed E-state index contributed by atoms with van der Waals surface area (Å²) in [5.74, 6) is 11.2. The Labute approximate surface area is 203 Å². The van der Waals surface area contributed by atoms with Crippen molar-refractivity contribution in [3.8, 4) is 0 Å². The van der Waals surface area contributed by atoms with Crippen LogP contribution >= 0.6 is 0 Å². The Bertz CT molecular complexity index is 747. The van der Waals surface area contributed by atoms with Gasteiger partial charge >= 0.3 is 0 Å². The Morgan fingerprint density at radius 2 is 1.85 bits per heavy atom. The molecule has 4 rings (SSSR count). The largest absolute Gasteiger partial charge is 0.322 e. The lowest BCUT2D eigenvalue weighted by molar-refractivity contribution is -0.133. The van der Waals surface area contributed by atoms with Gasteiger partial charge in [0.25, 0.3) is 0 Å². The Morgan fingerprint density at radius 1 is 1.09 bits per heavy atom. The van der Waals surface area contributed by atoms with E-state index in [0.717, 1.165) is 54.8 Å². The van der Waals surface area contributed by atoms with E-state index in [2.05, 4.69) is 40.7 Å². The van der Waals surface area contributed by atoms with Crippen molar-refractivity contribution in [2.45, 2.75) is 111 Å². The molecule has 4 heteroatoms. The summed E-state index contributed by atoms with van der Waals surface area (Å²) in [6.07, 6.45) is 16.8. The third kappa shape index (κ3) is 4.44. The van der Waals surface area contributed by atoms with Crippen LogP contribution in [0.15, 0.2) is 11.6 Å². The molecular formula is C29H51N3O. The first-order chi connectivity index (χ1) is 15.6. The number of nitrogens with zero attached hydrogens (tertiary/aromatic N) is 1. The molecule has 0 radical (unpaired) electrons. The maximum absolute atomic E-state index is 12.1. The summed E-state index contributed by atoms with van der Waals surface area (Å²) in [6, 6.07) is 0.119. The van der Waals surface area contributed by atoms with Gasteiger partial charge in [-0.25, -0.2) is 5.84 Å². The van der Waals surface area contributed by atoms with E-state index in [1.165, 1.54) is 56.4 Å². The third-order valence-corrected chi connectivity index (χ3v) is 11.1. The monoisotopic (exact) mass is 457 g/mol. The van der Waals surface area contributed by atoms with Crippen molar-refractivity contribution >= 4 is 5.91 Å². The van der Waals surface area contributed by atoms with Gasteiger partial charge in [0, 0.05) is 0 Å². The van der Waals surface area contributed by atoms with Crippen LogP contribution in [0.4, 0.5) is 0 Å². The first-order valence-corrected chi connectivity index (χ1v) is 14.1. The molecule has 0 bridgehead atoms. The van der Waals surface area contributed by atoms with E-state index < -0.39 is 0 Å². The Hall–Kier alpha value is -0.870. The van der Waals surface area contributed by atoms with Gasteiger partial charge in [0.05, 0.1) is 12.6 Å². The highest BCUT2D eigenvalue weighted by atomic mass is 16.2. The molecule has 1 amide bonds. The molecule has 3 fully saturated rings. The fraction of sp³-hybridized carbons (Fsp3) is 0.897. The van der Waals surface area contributed by atoms with Crippen LogP contribution in [0.1, 0.15) is 105 Å². The van der Waals surface area contributed by atoms with Gasteiger partial charge in [0.2, 0.25) is 5.91 Å². The predicted molar refractivity (Wildman–Crippen MR) is 137 cm³/mol. The normalized spacial score (nSPS) is 41.1. The Balaban J connectivity index is 1.47. The average molecular weight is 458 g/mol. The molecule has 4 aliphatic carbocycles. The summed E-state index contributed by atoms with van der Waals surface area (Å²) in [4.78, 5) is 12.1. The zero-order chi connectivity index (χ0) is 24.0. The van der Waals surface area contributed by atoms with Crippen molar-refractivity contribution in [2.75, 3.05) is 6.54 Å². The summed E-state index contributed by atoms with van der Waals surface area (Å²) in [5, 5.41) is 1.44. The summed E-state index contributed by atoms with van der Waals surface area (Å²) < 4.78 is 0. The molecule has 0 saturated heterocycles. The summed E-state index contributed by atoms with van der Waals surface area (Å²) in [5.41, 5.74) is 8.00. The van der Waals surface area contributed by atoms with Gasteiger partial charge in [0.1, 0.15) is 0 Å². The van der Waals surface area contributed by atoms with E-state index in [1.807, 2.05) is 0 Å². The maximum Gasteiger partial charge on any atom is 0.250 e. The number of carbonyl (C=O) groups is 1. The Morgan fingerprint density at radius 3 is 2.55 bits per heavy atom. The van der Waals surface area contributed by atoms with E-state index in [0.29, 0.717) is 10.8 Å². The summed E-state index contributed by atoms with van der Waals surface area (Å²) in [7, 11) is 0. The van der Waals surface area contributed by atoms with Gasteiger partial charge in [-0.05, 0) is 97.7 Å². The topological polar surface area (TPSA) is 72.3 Å². The number of hydrazine groups is 1. The van der Waals surface area contributed by atoms with Crippen LogP contribution in [0.2, 0.25) is 0 Å². The van der Waals surface area contributed by atoms with Crippen LogP contribution in [-0.2, 0) is 4.79 Å². The van der Waals surface area contributed by atoms with Gasteiger partial charge in [0.15, 0.2) is 0 Å². The average Bonchev–Trinajstić information content (AvgIpc) is 3.14. The number of rotatable bonds is 7. The van der Waals surface area contributed by atoms with Gasteiger partial charge in [-0.1, -0.05) is 65.5 Å². The third-order valence-electron chi connectivity index (χ3n) is 11.1. The van der Waals surface area contributed by atoms with Crippen molar-refractivity contribution < 1.29 is 4.79 Å². The summed E-state index contributed by atoms with van der Waals surface area (Å²) >= 11 is 0. The lowest BCUT2D eigenvalue weighted by atomic mass is 9.47. The van der Waals surface area contributed by atoms with Crippen LogP contribution in [0.3, 0.4) is 0 Å². The van der Waals surface area contributed by atoms with E-state index >= 15 is 0 Å². The minimum Gasteiger partial charge on any atom is -0.322 e. The molecule has 4 nitrogen and oxygen atoms in total. The smallest absolute Gasteiger partial charge is 0.250 e. The van der Waals surface area contributed by atoms with Crippen molar-refractivity contribution in [1.29, 1.82) is 0 Å². The van der Waals surface area contributed by atoms with Crippen molar-refractivity contribution in [3.05, 3.63) is 11.6 Å². The fourth-order valence-electron chi connectivity index (χ4n) is 9.21. The predicted octanol–water partition coefficient (Wildman–Crippen LogP) is 6.06. The second-order valence-electron chi connectivity index (χ2n) is 13.2. The highest BCUT2D eigenvalue weighted by molar-refractivity contribution is 5.77. The first kappa shape index (κ1) is 25.2. The second kappa shape index (κ2) is 9.64. The van der Waals surface area contributed by atoms with Crippen molar-refractivity contribution in [1.82, 2.24) is 5.01 Å². The molecule has 0 aliphatic heterocycles. The zero-order valence-corrected chi connectivity index (χ0v) is 22.1. The molecule has 188 valence electrons. The van der Waals surface area contributed by atoms with E-state index in [-0.39, 0.29) is 18.5 Å². The van der Waals surface area contributed by atoms with Crippen molar-refractivity contribution in [2.24, 2.45) is 57.9 Å². The van der Waals surface area contributed by atoms with Crippen LogP contribution < -0.4 is 11.6 Å². The minimum absolute atomic E-state index is 0.00529. The maximum atomic E-state index is 12.1. The van der Waals surface area contributed by atoms with E-state index in [9.17, 15) is 4.79 Å². The molecule has 8 atom stereocenters.